The van der Waals surface area contributed by atoms with Gasteiger partial charge < -0.3 is 14.0 Å². The van der Waals surface area contributed by atoms with Crippen LogP contribution >= 0.6 is 0 Å². The van der Waals surface area contributed by atoms with Gasteiger partial charge in [-0.25, -0.2) is 9.97 Å². The number of ketones is 1. The van der Waals surface area contributed by atoms with Gasteiger partial charge in [-0.15, -0.1) is 0 Å². The maximum absolute atomic E-state index is 11.9. The average Bonchev–Trinajstić information content (AvgIpc) is 3.25. The molecule has 0 saturated heterocycles. The third-order valence-corrected chi connectivity index (χ3v) is 5.17. The van der Waals surface area contributed by atoms with E-state index in [4.69, 9.17) is 9.47 Å². The normalized spacial score (nSPS) is 12.0. The van der Waals surface area contributed by atoms with Crippen LogP contribution in [0, 0.1) is 0 Å². The molecular weight excluding hydrogens is 404 g/mol. The van der Waals surface area contributed by atoms with Crippen molar-refractivity contribution in [2.45, 2.75) is 39.0 Å². The van der Waals surface area contributed by atoms with E-state index < -0.39 is 0 Å². The minimum absolute atomic E-state index is 0.106. The molecular formula is C25H26N4O3. The number of ether oxygens (including phenoxy) is 2. The smallest absolute Gasteiger partial charge is 0.245 e. The molecule has 2 aromatic heterocycles. The Kier molecular flexibility index (Phi) is 7.19. The van der Waals surface area contributed by atoms with Crippen LogP contribution in [-0.4, -0.2) is 31.9 Å². The molecule has 0 amide bonds. The number of aromatic nitrogens is 4. The van der Waals surface area contributed by atoms with Gasteiger partial charge in [-0.1, -0.05) is 60.7 Å². The van der Waals surface area contributed by atoms with Crippen molar-refractivity contribution in [1.82, 2.24) is 19.5 Å². The summed E-state index contributed by atoms with van der Waals surface area (Å²) in [5.41, 5.74) is 3.40. The van der Waals surface area contributed by atoms with E-state index in [2.05, 4.69) is 15.0 Å². The lowest BCUT2D eigenvalue weighted by molar-refractivity contribution is -0.117. The Morgan fingerprint density at radius 2 is 1.62 bits per heavy atom. The Hall–Kier alpha value is -3.58. The average molecular weight is 431 g/mol. The van der Waals surface area contributed by atoms with Crippen molar-refractivity contribution in [2.24, 2.45) is 0 Å². The maximum Gasteiger partial charge on any atom is 0.245 e. The van der Waals surface area contributed by atoms with E-state index in [9.17, 15) is 4.79 Å². The van der Waals surface area contributed by atoms with Crippen LogP contribution in [0.15, 0.2) is 73.3 Å². The van der Waals surface area contributed by atoms with Crippen LogP contribution in [0.2, 0.25) is 0 Å². The van der Waals surface area contributed by atoms with Gasteiger partial charge in [0.2, 0.25) is 5.88 Å². The van der Waals surface area contributed by atoms with Gasteiger partial charge in [0.1, 0.15) is 18.7 Å². The Bertz CT molecular complexity index is 1150. The summed E-state index contributed by atoms with van der Waals surface area (Å²) in [6.07, 6.45) is 4.23. The van der Waals surface area contributed by atoms with Crippen LogP contribution < -0.4 is 4.74 Å². The van der Waals surface area contributed by atoms with E-state index in [-0.39, 0.29) is 11.8 Å². The van der Waals surface area contributed by atoms with Crippen LogP contribution in [0.3, 0.4) is 0 Å². The summed E-state index contributed by atoms with van der Waals surface area (Å²) in [4.78, 5) is 25.1. The topological polar surface area (TPSA) is 79.1 Å². The first-order valence-electron chi connectivity index (χ1n) is 10.7. The summed E-state index contributed by atoms with van der Waals surface area (Å²) in [6, 6.07) is 19.8. The van der Waals surface area contributed by atoms with Crippen molar-refractivity contribution in [2.75, 3.05) is 6.61 Å². The Balaban J connectivity index is 1.46. The molecule has 0 radical (unpaired) electrons. The second kappa shape index (κ2) is 10.6. The van der Waals surface area contributed by atoms with Crippen molar-refractivity contribution >= 4 is 16.9 Å². The van der Waals surface area contributed by atoms with Gasteiger partial charge in [-0.05, 0) is 24.5 Å². The molecule has 1 atom stereocenters. The third kappa shape index (κ3) is 5.56. The van der Waals surface area contributed by atoms with Crippen molar-refractivity contribution < 1.29 is 14.3 Å². The summed E-state index contributed by atoms with van der Waals surface area (Å²) in [6.45, 7) is 3.05. The first-order chi connectivity index (χ1) is 15.7. The molecule has 0 aliphatic carbocycles. The summed E-state index contributed by atoms with van der Waals surface area (Å²) in [5, 5.41) is 0. The SMILES string of the molecule is CC(=O)CC(CCOCc1ccccc1)n1cnc2c(OCc3ccccc3)ncnc21. The number of Topliss-reactive ketones (excluding diaryl/α,β-unsaturated/α-hetero) is 1. The predicted molar refractivity (Wildman–Crippen MR) is 121 cm³/mol. The zero-order valence-corrected chi connectivity index (χ0v) is 18.1. The van der Waals surface area contributed by atoms with E-state index >= 15 is 0 Å². The summed E-state index contributed by atoms with van der Waals surface area (Å²) >= 11 is 0. The number of imidazole rings is 1. The van der Waals surface area contributed by atoms with Gasteiger partial charge in [0.25, 0.3) is 0 Å². The van der Waals surface area contributed by atoms with Crippen LogP contribution in [-0.2, 0) is 22.7 Å². The summed E-state index contributed by atoms with van der Waals surface area (Å²) in [7, 11) is 0. The Morgan fingerprint density at radius 3 is 2.31 bits per heavy atom. The number of hydrogen-bond donors (Lipinski definition) is 0. The molecule has 0 aliphatic heterocycles. The van der Waals surface area contributed by atoms with Crippen LogP contribution in [0.4, 0.5) is 0 Å². The lowest BCUT2D eigenvalue weighted by Gasteiger charge is -2.18. The largest absolute Gasteiger partial charge is 0.471 e. The molecule has 0 aliphatic rings. The molecule has 0 saturated carbocycles. The number of hydrogen-bond acceptors (Lipinski definition) is 6. The molecule has 0 N–H and O–H groups in total. The zero-order valence-electron chi connectivity index (χ0n) is 18.1. The second-order valence-corrected chi connectivity index (χ2v) is 7.66. The third-order valence-electron chi connectivity index (χ3n) is 5.17. The summed E-state index contributed by atoms with van der Waals surface area (Å²) in [5.74, 6) is 0.536. The number of carbonyl (C=O) groups is 1. The molecule has 0 spiro atoms. The van der Waals surface area contributed by atoms with Crippen molar-refractivity contribution in [3.8, 4) is 5.88 Å². The number of carbonyl (C=O) groups excluding carboxylic acids is 1. The standard InChI is InChI=1S/C25H26N4O3/c1-19(30)14-22(12-13-31-15-20-8-4-2-5-9-20)29-18-28-23-24(29)26-17-27-25(23)32-16-21-10-6-3-7-11-21/h2-11,17-18,22H,12-16H2,1H3. The van der Waals surface area contributed by atoms with Crippen molar-refractivity contribution in [3.05, 3.63) is 84.4 Å². The molecule has 32 heavy (non-hydrogen) atoms. The molecule has 2 heterocycles. The van der Waals surface area contributed by atoms with Gasteiger partial charge in [-0.3, -0.25) is 4.79 Å². The van der Waals surface area contributed by atoms with Gasteiger partial charge in [0, 0.05) is 19.1 Å². The number of rotatable bonds is 11. The minimum atomic E-state index is -0.106. The van der Waals surface area contributed by atoms with Crippen LogP contribution in [0.1, 0.15) is 36.9 Å². The lowest BCUT2D eigenvalue weighted by Crippen LogP contribution is -2.15. The first-order valence-corrected chi connectivity index (χ1v) is 10.7. The van der Waals surface area contributed by atoms with Gasteiger partial charge in [-0.2, -0.15) is 4.98 Å². The van der Waals surface area contributed by atoms with Gasteiger partial charge in [0.15, 0.2) is 11.2 Å². The molecule has 2 aromatic carbocycles. The fourth-order valence-corrected chi connectivity index (χ4v) is 3.58. The highest BCUT2D eigenvalue weighted by Crippen LogP contribution is 2.26. The van der Waals surface area contributed by atoms with Crippen LogP contribution in [0.5, 0.6) is 5.88 Å². The molecule has 4 rings (SSSR count). The second-order valence-electron chi connectivity index (χ2n) is 7.66. The quantitative estimate of drug-likeness (QED) is 0.325. The Labute approximate surface area is 187 Å². The highest BCUT2D eigenvalue weighted by atomic mass is 16.5. The first kappa shape index (κ1) is 21.6. The molecule has 4 aromatic rings. The monoisotopic (exact) mass is 430 g/mol. The number of fused-ring (bicyclic) bond motifs is 1. The fourth-order valence-electron chi connectivity index (χ4n) is 3.58. The predicted octanol–water partition coefficient (Wildman–Crippen LogP) is 4.53. The fraction of sp³-hybridized carbons (Fsp3) is 0.280. The van der Waals surface area contributed by atoms with Gasteiger partial charge in [0.05, 0.1) is 12.9 Å². The van der Waals surface area contributed by atoms with Crippen LogP contribution in [0.25, 0.3) is 11.2 Å². The Morgan fingerprint density at radius 1 is 0.938 bits per heavy atom. The maximum atomic E-state index is 11.9. The zero-order chi connectivity index (χ0) is 22.2. The van der Waals surface area contributed by atoms with Gasteiger partial charge >= 0.3 is 0 Å². The minimum Gasteiger partial charge on any atom is -0.471 e. The van der Waals surface area contributed by atoms with E-state index in [1.807, 2.05) is 65.2 Å². The van der Waals surface area contributed by atoms with Crippen molar-refractivity contribution in [3.63, 3.8) is 0 Å². The number of nitrogens with zero attached hydrogens (tertiary/aromatic N) is 4. The highest BCUT2D eigenvalue weighted by molar-refractivity contribution is 5.78. The molecule has 0 fully saturated rings. The molecule has 7 nitrogen and oxygen atoms in total. The van der Waals surface area contributed by atoms with E-state index in [0.717, 1.165) is 11.1 Å². The van der Waals surface area contributed by atoms with E-state index in [1.54, 1.807) is 13.3 Å². The molecule has 164 valence electrons. The lowest BCUT2D eigenvalue weighted by atomic mass is 10.1. The number of benzene rings is 2. The van der Waals surface area contributed by atoms with E-state index in [1.165, 1.54) is 6.33 Å². The molecule has 0 bridgehead atoms. The van der Waals surface area contributed by atoms with E-state index in [0.29, 0.717) is 49.7 Å². The molecule has 7 heteroatoms. The molecule has 1 unspecified atom stereocenters. The summed E-state index contributed by atoms with van der Waals surface area (Å²) < 4.78 is 13.7. The van der Waals surface area contributed by atoms with Crippen molar-refractivity contribution in [1.29, 1.82) is 0 Å². The highest BCUT2D eigenvalue weighted by Gasteiger charge is 2.19.